The summed E-state index contributed by atoms with van der Waals surface area (Å²) in [7, 11) is 0. The van der Waals surface area contributed by atoms with Gasteiger partial charge in [0.2, 0.25) is 0 Å². The molecule has 0 fully saturated rings. The molecule has 0 N–H and O–H groups in total. The molecular formula is Br6IrNa3+. The van der Waals surface area contributed by atoms with Crippen molar-refractivity contribution in [2.75, 3.05) is 0 Å². The first-order chi connectivity index (χ1) is 2.45. The van der Waals surface area contributed by atoms with Crippen LogP contribution in [0.25, 0.3) is 0 Å². The molecule has 10 heteroatoms. The molecule has 0 aromatic carbocycles. The molecule has 0 nitrogen and oxygen atoms in total. The minimum Gasteiger partial charge on any atom is 1.00 e. The van der Waals surface area contributed by atoms with Crippen molar-refractivity contribution < 1.29 is 89.6 Å². The van der Waals surface area contributed by atoms with Crippen LogP contribution in [0, 0.1) is 0 Å². The van der Waals surface area contributed by atoms with Crippen LogP contribution < -0.4 is 88.7 Å². The summed E-state index contributed by atoms with van der Waals surface area (Å²) in [6.07, 6.45) is 0. The van der Waals surface area contributed by atoms with Crippen molar-refractivity contribution in [3.05, 3.63) is 0 Å². The standard InChI is InChI=1S/6BrH.Ir.3Na/h6*1H;;;;/q;;;;;;+4;3*+1/p-6. The van der Waals surface area contributed by atoms with E-state index < -0.39 is 0.881 Å². The van der Waals surface area contributed by atoms with Crippen LogP contribution in [0.15, 0.2) is 0 Å². The van der Waals surface area contributed by atoms with Crippen LogP contribution in [-0.4, -0.2) is 0 Å². The van der Waals surface area contributed by atoms with Crippen LogP contribution in [0.1, 0.15) is 0 Å². The van der Waals surface area contributed by atoms with Gasteiger partial charge in [0.05, 0.1) is 0 Å². The van der Waals surface area contributed by atoms with E-state index in [1.54, 1.807) is 0 Å². The van der Waals surface area contributed by atoms with E-state index >= 15 is 0 Å². The molecule has 0 amide bonds. The maximum Gasteiger partial charge on any atom is 1.00 e. The van der Waals surface area contributed by atoms with Gasteiger partial charge in [0.15, 0.2) is 0 Å². The summed E-state index contributed by atoms with van der Waals surface area (Å²) in [4.78, 5) is 0. The molecule has 10 heavy (non-hydrogen) atoms. The minimum absolute atomic E-state index is 0. The van der Waals surface area contributed by atoms with E-state index in [1.165, 1.54) is 0 Å². The Balaban J connectivity index is -0.0000000600. The molecule has 0 aliphatic heterocycles. The Kier molecular flexibility index (Phi) is 18.0. The van der Waals surface area contributed by atoms with Crippen LogP contribution in [0.3, 0.4) is 0 Å². The predicted octanol–water partition coefficient (Wildman–Crippen LogP) is -3.92. The summed E-state index contributed by atoms with van der Waals surface area (Å²) < 4.78 is -3.29. The SMILES string of the molecule is [Br][Ir-2]([Br])([Br])([Br])([Br])[Br].[Na+].[Na+].[Na+]. The van der Waals surface area contributed by atoms with Gasteiger partial charge in [-0.1, -0.05) is 0 Å². The Morgan fingerprint density at radius 3 is 0.500 bits per heavy atom. The molecule has 0 saturated heterocycles. The van der Waals surface area contributed by atoms with Gasteiger partial charge in [0.25, 0.3) is 0 Å². The second-order valence-electron chi connectivity index (χ2n) is 0.714. The molecule has 0 unspecified atom stereocenters. The van der Waals surface area contributed by atoms with Gasteiger partial charge >= 0.3 is 171 Å². The third kappa shape index (κ3) is 62.4. The third-order valence-corrected chi connectivity index (χ3v) is 0. The molecule has 0 atom stereocenters. The summed E-state index contributed by atoms with van der Waals surface area (Å²) >= 11 is 20.1. The first kappa shape index (κ1) is 25.4. The molecule has 0 bridgehead atoms. The first-order valence-electron chi connectivity index (χ1n) is 0.756. The third-order valence-electron chi connectivity index (χ3n) is 0. The van der Waals surface area contributed by atoms with Gasteiger partial charge in [0, 0.05) is 0 Å². The first-order valence-corrected chi connectivity index (χ1v) is 32.2. The van der Waals surface area contributed by atoms with Crippen molar-refractivity contribution in [3.63, 3.8) is 0 Å². The molecular weight excluding hydrogens is 741 g/mol. The molecule has 0 saturated carbocycles. The van der Waals surface area contributed by atoms with Gasteiger partial charge in [0.1, 0.15) is 0 Å². The van der Waals surface area contributed by atoms with Crippen LogP contribution in [0.2, 0.25) is 0 Å². The maximum atomic E-state index is 3.35. The van der Waals surface area contributed by atoms with E-state index in [4.69, 9.17) is 0 Å². The Bertz CT molecular complexity index is 71.6. The molecule has 0 aromatic heterocycles. The van der Waals surface area contributed by atoms with Gasteiger partial charge in [-0.3, -0.25) is 0 Å². The number of hydrogen-bond acceptors (Lipinski definition) is 0. The van der Waals surface area contributed by atoms with Crippen molar-refractivity contribution in [2.24, 2.45) is 0 Å². The second kappa shape index (κ2) is 7.07. The van der Waals surface area contributed by atoms with Crippen LogP contribution in [-0.2, 0) is 0.881 Å². The van der Waals surface area contributed by atoms with Gasteiger partial charge in [-0.2, -0.15) is 0 Å². The summed E-state index contributed by atoms with van der Waals surface area (Å²) in [6.45, 7) is 0. The Hall–Kier alpha value is 6.53. The fraction of sp³-hybridized carbons (Fsp3) is 0. The molecule has 0 aromatic rings. The maximum absolute atomic E-state index is 3.35. The van der Waals surface area contributed by atoms with Gasteiger partial charge in [-0.25, -0.2) is 0 Å². The smallest absolute Gasteiger partial charge is 1.00 e. The molecule has 0 aliphatic carbocycles. The fourth-order valence-corrected chi connectivity index (χ4v) is 0. The minimum atomic E-state index is -3.29. The zero-order chi connectivity index (χ0) is 6.41. The predicted molar refractivity (Wildman–Crippen MR) is 53.6 cm³/mol. The largest absolute Gasteiger partial charge is 1.00 e. The molecule has 0 aliphatic rings. The molecule has 0 radical (unpaired) electrons. The van der Waals surface area contributed by atoms with E-state index in [-0.39, 0.29) is 88.7 Å². The van der Waals surface area contributed by atoms with Crippen LogP contribution in [0.4, 0.5) is 0 Å². The summed E-state index contributed by atoms with van der Waals surface area (Å²) in [5.41, 5.74) is 0. The molecule has 53 valence electrons. The zero-order valence-electron chi connectivity index (χ0n) is 5.60. The second-order valence-corrected chi connectivity index (χ2v) is 158. The summed E-state index contributed by atoms with van der Waals surface area (Å²) in [5, 5.41) is 0. The van der Waals surface area contributed by atoms with Gasteiger partial charge < -0.3 is 0 Å². The zero-order valence-corrected chi connectivity index (χ0v) is 23.5. The van der Waals surface area contributed by atoms with E-state index in [1.807, 2.05) is 0 Å². The van der Waals surface area contributed by atoms with E-state index in [0.29, 0.717) is 0 Å². The number of halogens is 6. The molecule has 0 heterocycles. The van der Waals surface area contributed by atoms with Crippen molar-refractivity contribution >= 4 is 81.0 Å². The van der Waals surface area contributed by atoms with Crippen LogP contribution >= 0.6 is 81.0 Å². The van der Waals surface area contributed by atoms with E-state index in [0.717, 1.165) is 0 Å². The van der Waals surface area contributed by atoms with Crippen molar-refractivity contribution in [3.8, 4) is 0 Å². The molecule has 0 rings (SSSR count). The van der Waals surface area contributed by atoms with E-state index in [2.05, 4.69) is 81.0 Å². The van der Waals surface area contributed by atoms with Gasteiger partial charge in [-0.05, 0) is 0 Å². The average Bonchev–Trinajstić information content (AvgIpc) is 0.592. The van der Waals surface area contributed by atoms with Gasteiger partial charge in [-0.15, -0.1) is 0 Å². The normalized spacial score (nSPS) is 16.2. The fourth-order valence-electron chi connectivity index (χ4n) is 0. The molecule has 0 spiro atoms. The van der Waals surface area contributed by atoms with Crippen molar-refractivity contribution in [1.82, 2.24) is 0 Å². The quantitative estimate of drug-likeness (QED) is 0.223. The monoisotopic (exact) mass is 735 g/mol. The van der Waals surface area contributed by atoms with Crippen molar-refractivity contribution in [1.29, 1.82) is 0 Å². The van der Waals surface area contributed by atoms with Crippen molar-refractivity contribution in [2.45, 2.75) is 0 Å². The Morgan fingerprint density at radius 2 is 0.500 bits per heavy atom. The Morgan fingerprint density at radius 1 is 0.500 bits per heavy atom. The number of hydrogen-bond donors (Lipinski definition) is 0. The van der Waals surface area contributed by atoms with Crippen LogP contribution in [0.5, 0.6) is 0 Å². The van der Waals surface area contributed by atoms with E-state index in [9.17, 15) is 0 Å². The summed E-state index contributed by atoms with van der Waals surface area (Å²) in [6, 6.07) is 0. The number of rotatable bonds is 0. The summed E-state index contributed by atoms with van der Waals surface area (Å²) in [5.74, 6) is 0. The topological polar surface area (TPSA) is 0 Å². The average molecular weight is 741 g/mol. The Labute approximate surface area is 165 Å².